The standard InChI is InChI=1S/C9H15NO2/c1-5-6-7-10-8(11)12-9(2,3)4/h5-7H,1H2,2-4H3,(H,10,11). The van der Waals surface area contributed by atoms with Crippen molar-refractivity contribution >= 4 is 6.09 Å². The number of hydrogen-bond donors (Lipinski definition) is 1. The zero-order valence-corrected chi connectivity index (χ0v) is 7.76. The molecule has 0 aliphatic rings. The summed E-state index contributed by atoms with van der Waals surface area (Å²) in [5.41, 5.74) is -0.452. The van der Waals surface area contributed by atoms with Crippen molar-refractivity contribution in [2.45, 2.75) is 26.4 Å². The number of rotatable bonds is 2. The molecule has 0 aromatic carbocycles. The van der Waals surface area contributed by atoms with Gasteiger partial charge in [0.2, 0.25) is 0 Å². The zero-order chi connectivity index (χ0) is 9.61. The number of allylic oxidation sites excluding steroid dienone is 2. The maximum absolute atomic E-state index is 10.9. The molecule has 0 atom stereocenters. The third-order valence-electron chi connectivity index (χ3n) is 0.832. The van der Waals surface area contributed by atoms with Crippen molar-refractivity contribution in [3.63, 3.8) is 0 Å². The van der Waals surface area contributed by atoms with Gasteiger partial charge < -0.3 is 4.74 Å². The van der Waals surface area contributed by atoms with Crippen molar-refractivity contribution in [2.24, 2.45) is 0 Å². The van der Waals surface area contributed by atoms with Gasteiger partial charge in [0.15, 0.2) is 0 Å². The summed E-state index contributed by atoms with van der Waals surface area (Å²) in [5, 5.41) is 2.43. The summed E-state index contributed by atoms with van der Waals surface area (Å²) in [5.74, 6) is 0. The monoisotopic (exact) mass is 169 g/mol. The van der Waals surface area contributed by atoms with Crippen LogP contribution in [0.15, 0.2) is 24.9 Å². The van der Waals surface area contributed by atoms with Crippen LogP contribution in [0.5, 0.6) is 0 Å². The van der Waals surface area contributed by atoms with Crippen LogP contribution in [-0.2, 0) is 4.74 Å². The van der Waals surface area contributed by atoms with Gasteiger partial charge >= 0.3 is 6.09 Å². The summed E-state index contributed by atoms with van der Waals surface area (Å²) < 4.78 is 4.95. The van der Waals surface area contributed by atoms with Crippen molar-refractivity contribution in [1.82, 2.24) is 5.32 Å². The van der Waals surface area contributed by atoms with E-state index in [1.54, 1.807) is 12.2 Å². The second kappa shape index (κ2) is 4.59. The molecule has 3 nitrogen and oxygen atoms in total. The van der Waals surface area contributed by atoms with E-state index in [2.05, 4.69) is 11.9 Å². The highest BCUT2D eigenvalue weighted by Gasteiger charge is 2.14. The molecule has 0 saturated heterocycles. The van der Waals surface area contributed by atoms with Gasteiger partial charge in [0.05, 0.1) is 0 Å². The summed E-state index contributed by atoms with van der Waals surface area (Å²) in [6, 6.07) is 0. The Morgan fingerprint density at radius 2 is 2.08 bits per heavy atom. The summed E-state index contributed by atoms with van der Waals surface area (Å²) in [4.78, 5) is 10.9. The number of amides is 1. The average molecular weight is 169 g/mol. The lowest BCUT2D eigenvalue weighted by molar-refractivity contribution is 0.0552. The van der Waals surface area contributed by atoms with Gasteiger partial charge in [0, 0.05) is 6.20 Å². The number of ether oxygens (including phenoxy) is 1. The molecule has 12 heavy (non-hydrogen) atoms. The van der Waals surface area contributed by atoms with Crippen molar-refractivity contribution < 1.29 is 9.53 Å². The van der Waals surface area contributed by atoms with Crippen LogP contribution in [0.2, 0.25) is 0 Å². The highest BCUT2D eigenvalue weighted by Crippen LogP contribution is 2.05. The zero-order valence-electron chi connectivity index (χ0n) is 7.76. The van der Waals surface area contributed by atoms with Gasteiger partial charge in [0.1, 0.15) is 5.60 Å². The van der Waals surface area contributed by atoms with Gasteiger partial charge in [-0.1, -0.05) is 12.7 Å². The van der Waals surface area contributed by atoms with Crippen LogP contribution < -0.4 is 5.32 Å². The van der Waals surface area contributed by atoms with Crippen LogP contribution in [0, 0.1) is 0 Å². The van der Waals surface area contributed by atoms with Gasteiger partial charge in [0.25, 0.3) is 0 Å². The van der Waals surface area contributed by atoms with E-state index in [4.69, 9.17) is 4.74 Å². The highest BCUT2D eigenvalue weighted by atomic mass is 16.6. The first kappa shape index (κ1) is 10.8. The first-order valence-electron chi connectivity index (χ1n) is 3.73. The molecule has 0 radical (unpaired) electrons. The van der Waals surface area contributed by atoms with Gasteiger partial charge in [-0.3, -0.25) is 5.32 Å². The smallest absolute Gasteiger partial charge is 0.411 e. The van der Waals surface area contributed by atoms with Crippen LogP contribution in [0.1, 0.15) is 20.8 Å². The Morgan fingerprint density at radius 3 is 2.50 bits per heavy atom. The summed E-state index contributed by atoms with van der Waals surface area (Å²) in [6.07, 6.45) is 4.20. The van der Waals surface area contributed by atoms with E-state index in [-0.39, 0.29) is 0 Å². The molecule has 3 heteroatoms. The van der Waals surface area contributed by atoms with Crippen LogP contribution >= 0.6 is 0 Å². The minimum Gasteiger partial charge on any atom is -0.444 e. The largest absolute Gasteiger partial charge is 0.444 e. The lowest BCUT2D eigenvalue weighted by Gasteiger charge is -2.18. The number of carbonyl (C=O) groups excluding carboxylic acids is 1. The van der Waals surface area contributed by atoms with E-state index in [9.17, 15) is 4.79 Å². The van der Waals surface area contributed by atoms with Gasteiger partial charge in [-0.2, -0.15) is 0 Å². The Kier molecular flexibility index (Phi) is 4.11. The van der Waals surface area contributed by atoms with E-state index in [0.717, 1.165) is 0 Å². The second-order valence-electron chi connectivity index (χ2n) is 3.24. The molecule has 0 aliphatic heterocycles. The normalized spacial score (nSPS) is 11.2. The number of hydrogen-bond acceptors (Lipinski definition) is 2. The van der Waals surface area contributed by atoms with Crippen LogP contribution in [0.3, 0.4) is 0 Å². The SMILES string of the molecule is C=CC=CNC(=O)OC(C)(C)C. The Balaban J connectivity index is 3.75. The molecule has 1 amide bonds. The molecule has 0 aromatic rings. The number of alkyl carbamates (subject to hydrolysis) is 1. The average Bonchev–Trinajstić information content (AvgIpc) is 1.84. The topological polar surface area (TPSA) is 38.3 Å². The van der Waals surface area contributed by atoms with Crippen molar-refractivity contribution in [3.8, 4) is 0 Å². The van der Waals surface area contributed by atoms with Gasteiger partial charge in [-0.15, -0.1) is 0 Å². The second-order valence-corrected chi connectivity index (χ2v) is 3.24. The highest BCUT2D eigenvalue weighted by molar-refractivity contribution is 5.68. The van der Waals surface area contributed by atoms with Crippen LogP contribution in [0.25, 0.3) is 0 Å². The molecule has 0 saturated carbocycles. The third kappa shape index (κ3) is 6.86. The molecule has 68 valence electrons. The van der Waals surface area contributed by atoms with Crippen molar-refractivity contribution in [3.05, 3.63) is 24.9 Å². The molecular weight excluding hydrogens is 154 g/mol. The maximum Gasteiger partial charge on any atom is 0.411 e. The van der Waals surface area contributed by atoms with E-state index in [1.807, 2.05) is 20.8 Å². The van der Waals surface area contributed by atoms with Crippen LogP contribution in [-0.4, -0.2) is 11.7 Å². The number of carbonyl (C=O) groups is 1. The molecule has 0 rings (SSSR count). The predicted molar refractivity (Wildman–Crippen MR) is 48.7 cm³/mol. The van der Waals surface area contributed by atoms with E-state index in [0.29, 0.717) is 0 Å². The molecule has 0 heterocycles. The molecule has 0 bridgehead atoms. The molecule has 0 aromatic heterocycles. The van der Waals surface area contributed by atoms with Crippen molar-refractivity contribution in [1.29, 1.82) is 0 Å². The lowest BCUT2D eigenvalue weighted by Crippen LogP contribution is -2.29. The lowest BCUT2D eigenvalue weighted by atomic mass is 10.2. The molecular formula is C9H15NO2. The van der Waals surface area contributed by atoms with Crippen molar-refractivity contribution in [2.75, 3.05) is 0 Å². The quantitative estimate of drug-likeness (QED) is 0.643. The molecule has 0 fully saturated rings. The number of nitrogens with one attached hydrogen (secondary N) is 1. The fraction of sp³-hybridized carbons (Fsp3) is 0.444. The van der Waals surface area contributed by atoms with E-state index in [1.165, 1.54) is 6.20 Å². The fourth-order valence-electron chi connectivity index (χ4n) is 0.492. The first-order valence-corrected chi connectivity index (χ1v) is 3.73. The Morgan fingerprint density at radius 1 is 1.50 bits per heavy atom. The molecule has 1 N–H and O–H groups in total. The van der Waals surface area contributed by atoms with Crippen LogP contribution in [0.4, 0.5) is 4.79 Å². The molecule has 0 aliphatic carbocycles. The summed E-state index contributed by atoms with van der Waals surface area (Å²) >= 11 is 0. The van der Waals surface area contributed by atoms with E-state index >= 15 is 0 Å². The van der Waals surface area contributed by atoms with Gasteiger partial charge in [-0.25, -0.2) is 4.79 Å². The minimum absolute atomic E-state index is 0.452. The third-order valence-corrected chi connectivity index (χ3v) is 0.832. The summed E-state index contributed by atoms with van der Waals surface area (Å²) in [7, 11) is 0. The predicted octanol–water partition coefficient (Wildman–Crippen LogP) is 2.21. The van der Waals surface area contributed by atoms with E-state index < -0.39 is 11.7 Å². The Bertz CT molecular complexity index is 189. The maximum atomic E-state index is 10.9. The Hall–Kier alpha value is -1.25. The van der Waals surface area contributed by atoms with Gasteiger partial charge in [-0.05, 0) is 26.8 Å². The molecule has 0 spiro atoms. The first-order chi connectivity index (χ1) is 5.45. The summed E-state index contributed by atoms with van der Waals surface area (Å²) in [6.45, 7) is 8.88. The minimum atomic E-state index is -0.458. The Labute approximate surface area is 73.1 Å². The molecule has 0 unspecified atom stereocenters. The fourth-order valence-corrected chi connectivity index (χ4v) is 0.492.